The fourth-order valence-corrected chi connectivity index (χ4v) is 4.02. The minimum absolute atomic E-state index is 0.124. The standard InChI is InChI=1S/C22H29N5O/c1-17-9-11-25(12-10-17)20-7-8-21(24-23-20)26-13-15-27(16-14-26)22(28)19-6-4-3-5-18(19)2/h3-8,17H,9-16H2,1-2H3. The topological polar surface area (TPSA) is 52.6 Å². The van der Waals surface area contributed by atoms with E-state index in [1.165, 1.54) is 12.8 Å². The summed E-state index contributed by atoms with van der Waals surface area (Å²) < 4.78 is 0. The second-order valence-electron chi connectivity index (χ2n) is 8.01. The number of aryl methyl sites for hydroxylation is 1. The van der Waals surface area contributed by atoms with Gasteiger partial charge in [0, 0.05) is 44.8 Å². The number of piperidine rings is 1. The monoisotopic (exact) mass is 379 g/mol. The van der Waals surface area contributed by atoms with Gasteiger partial charge in [-0.3, -0.25) is 4.79 Å². The van der Waals surface area contributed by atoms with E-state index in [4.69, 9.17) is 0 Å². The lowest BCUT2D eigenvalue weighted by Crippen LogP contribution is -2.49. The van der Waals surface area contributed by atoms with Gasteiger partial charge in [0.1, 0.15) is 0 Å². The number of nitrogens with zero attached hydrogens (tertiary/aromatic N) is 5. The van der Waals surface area contributed by atoms with Crippen molar-refractivity contribution < 1.29 is 4.79 Å². The van der Waals surface area contributed by atoms with Gasteiger partial charge < -0.3 is 14.7 Å². The molecule has 0 radical (unpaired) electrons. The number of benzene rings is 1. The minimum Gasteiger partial charge on any atom is -0.355 e. The quantitative estimate of drug-likeness (QED) is 0.821. The van der Waals surface area contributed by atoms with Crippen LogP contribution in [0.4, 0.5) is 11.6 Å². The molecule has 1 aromatic carbocycles. The van der Waals surface area contributed by atoms with Crippen molar-refractivity contribution in [3.63, 3.8) is 0 Å². The number of hydrogen-bond donors (Lipinski definition) is 0. The fourth-order valence-electron chi connectivity index (χ4n) is 4.02. The molecule has 0 aliphatic carbocycles. The number of carbonyl (C=O) groups excluding carboxylic acids is 1. The summed E-state index contributed by atoms with van der Waals surface area (Å²) >= 11 is 0. The van der Waals surface area contributed by atoms with E-state index in [1.54, 1.807) is 0 Å². The summed E-state index contributed by atoms with van der Waals surface area (Å²) in [5.74, 6) is 2.81. The molecule has 3 heterocycles. The summed E-state index contributed by atoms with van der Waals surface area (Å²) in [6, 6.07) is 12.0. The smallest absolute Gasteiger partial charge is 0.254 e. The molecule has 2 aromatic rings. The van der Waals surface area contributed by atoms with E-state index >= 15 is 0 Å². The lowest BCUT2D eigenvalue weighted by molar-refractivity contribution is 0.0745. The molecule has 1 aromatic heterocycles. The van der Waals surface area contributed by atoms with Crippen LogP contribution in [0.2, 0.25) is 0 Å². The molecule has 0 N–H and O–H groups in total. The van der Waals surface area contributed by atoms with E-state index < -0.39 is 0 Å². The normalized spacial score (nSPS) is 18.4. The first-order valence-electron chi connectivity index (χ1n) is 10.3. The van der Waals surface area contributed by atoms with Crippen molar-refractivity contribution in [2.75, 3.05) is 49.1 Å². The number of amides is 1. The molecule has 2 aliphatic heterocycles. The van der Waals surface area contributed by atoms with Crippen LogP contribution in [0.15, 0.2) is 36.4 Å². The van der Waals surface area contributed by atoms with Crippen molar-refractivity contribution in [3.8, 4) is 0 Å². The zero-order chi connectivity index (χ0) is 19.5. The Morgan fingerprint density at radius 2 is 1.43 bits per heavy atom. The fraction of sp³-hybridized carbons (Fsp3) is 0.500. The number of rotatable bonds is 3. The van der Waals surface area contributed by atoms with Crippen molar-refractivity contribution in [2.45, 2.75) is 26.7 Å². The van der Waals surface area contributed by atoms with Crippen LogP contribution in [0.3, 0.4) is 0 Å². The minimum atomic E-state index is 0.124. The average Bonchev–Trinajstić information content (AvgIpc) is 2.74. The molecule has 28 heavy (non-hydrogen) atoms. The molecule has 0 atom stereocenters. The van der Waals surface area contributed by atoms with Crippen molar-refractivity contribution in [2.24, 2.45) is 5.92 Å². The maximum atomic E-state index is 12.8. The van der Waals surface area contributed by atoms with Crippen LogP contribution in [0.1, 0.15) is 35.7 Å². The Hall–Kier alpha value is -2.63. The number of hydrogen-bond acceptors (Lipinski definition) is 5. The third-order valence-electron chi connectivity index (χ3n) is 6.01. The van der Waals surface area contributed by atoms with Gasteiger partial charge in [0.25, 0.3) is 5.91 Å². The van der Waals surface area contributed by atoms with Crippen LogP contribution < -0.4 is 9.80 Å². The number of piperazine rings is 1. The molecular weight excluding hydrogens is 350 g/mol. The highest BCUT2D eigenvalue weighted by Crippen LogP contribution is 2.22. The number of anilines is 2. The van der Waals surface area contributed by atoms with E-state index in [2.05, 4.69) is 39.1 Å². The lowest BCUT2D eigenvalue weighted by Gasteiger charge is -2.35. The first kappa shape index (κ1) is 18.7. The van der Waals surface area contributed by atoms with Gasteiger partial charge in [-0.25, -0.2) is 0 Å². The van der Waals surface area contributed by atoms with Crippen LogP contribution in [-0.4, -0.2) is 60.3 Å². The lowest BCUT2D eigenvalue weighted by atomic mass is 9.99. The maximum Gasteiger partial charge on any atom is 0.254 e. The summed E-state index contributed by atoms with van der Waals surface area (Å²) in [5.41, 5.74) is 1.83. The van der Waals surface area contributed by atoms with Crippen LogP contribution in [0, 0.1) is 12.8 Å². The van der Waals surface area contributed by atoms with Crippen molar-refractivity contribution in [1.29, 1.82) is 0 Å². The third-order valence-corrected chi connectivity index (χ3v) is 6.01. The Morgan fingerprint density at radius 3 is 2.00 bits per heavy atom. The van der Waals surface area contributed by atoms with Gasteiger partial charge in [-0.15, -0.1) is 10.2 Å². The average molecular weight is 380 g/mol. The van der Waals surface area contributed by atoms with E-state index in [9.17, 15) is 4.79 Å². The molecule has 0 bridgehead atoms. The molecule has 2 saturated heterocycles. The zero-order valence-corrected chi connectivity index (χ0v) is 16.8. The number of aromatic nitrogens is 2. The zero-order valence-electron chi connectivity index (χ0n) is 16.8. The predicted molar refractivity (Wildman–Crippen MR) is 112 cm³/mol. The molecule has 6 heteroatoms. The van der Waals surface area contributed by atoms with E-state index in [1.807, 2.05) is 36.1 Å². The van der Waals surface area contributed by atoms with Gasteiger partial charge in [0.15, 0.2) is 11.6 Å². The second kappa shape index (κ2) is 8.17. The summed E-state index contributed by atoms with van der Waals surface area (Å²) in [6.45, 7) is 9.42. The van der Waals surface area contributed by atoms with Gasteiger partial charge in [0.05, 0.1) is 0 Å². The predicted octanol–water partition coefficient (Wildman–Crippen LogP) is 2.98. The van der Waals surface area contributed by atoms with Gasteiger partial charge in [-0.2, -0.15) is 0 Å². The van der Waals surface area contributed by atoms with Crippen molar-refractivity contribution in [1.82, 2.24) is 15.1 Å². The van der Waals surface area contributed by atoms with Crippen molar-refractivity contribution >= 4 is 17.5 Å². The van der Waals surface area contributed by atoms with E-state index in [0.717, 1.165) is 54.9 Å². The Kier molecular flexibility index (Phi) is 5.46. The second-order valence-corrected chi connectivity index (χ2v) is 8.01. The first-order valence-corrected chi connectivity index (χ1v) is 10.3. The highest BCUT2D eigenvalue weighted by atomic mass is 16.2. The summed E-state index contributed by atoms with van der Waals surface area (Å²) in [4.78, 5) is 19.3. The molecule has 0 unspecified atom stereocenters. The number of carbonyl (C=O) groups is 1. The molecule has 1 amide bonds. The molecule has 0 spiro atoms. The first-order chi connectivity index (χ1) is 13.6. The van der Waals surface area contributed by atoms with Crippen molar-refractivity contribution in [3.05, 3.63) is 47.5 Å². The maximum absolute atomic E-state index is 12.8. The largest absolute Gasteiger partial charge is 0.355 e. The van der Waals surface area contributed by atoms with Crippen LogP contribution in [0.5, 0.6) is 0 Å². The Bertz CT molecular complexity index is 806. The SMILES string of the molecule is Cc1ccccc1C(=O)N1CCN(c2ccc(N3CCC(C)CC3)nn2)CC1. The van der Waals surface area contributed by atoms with Crippen LogP contribution in [0.25, 0.3) is 0 Å². The Morgan fingerprint density at radius 1 is 0.857 bits per heavy atom. The van der Waals surface area contributed by atoms with Gasteiger partial charge >= 0.3 is 0 Å². The van der Waals surface area contributed by atoms with Gasteiger partial charge in [-0.05, 0) is 49.4 Å². The summed E-state index contributed by atoms with van der Waals surface area (Å²) in [7, 11) is 0. The molecule has 0 saturated carbocycles. The third kappa shape index (κ3) is 3.96. The van der Waals surface area contributed by atoms with Crippen LogP contribution in [-0.2, 0) is 0 Å². The van der Waals surface area contributed by atoms with Gasteiger partial charge in [0.2, 0.25) is 0 Å². The van der Waals surface area contributed by atoms with E-state index in [0.29, 0.717) is 13.1 Å². The van der Waals surface area contributed by atoms with E-state index in [-0.39, 0.29) is 5.91 Å². The van der Waals surface area contributed by atoms with Gasteiger partial charge in [-0.1, -0.05) is 25.1 Å². The molecule has 148 valence electrons. The molecule has 2 aliphatic rings. The Balaban J connectivity index is 1.35. The highest BCUT2D eigenvalue weighted by molar-refractivity contribution is 5.95. The molecular formula is C22H29N5O. The summed E-state index contributed by atoms with van der Waals surface area (Å²) in [6.07, 6.45) is 2.45. The molecule has 2 fully saturated rings. The molecule has 6 nitrogen and oxygen atoms in total. The Labute approximate surface area is 167 Å². The van der Waals surface area contributed by atoms with Crippen LogP contribution >= 0.6 is 0 Å². The molecule has 4 rings (SSSR count). The summed E-state index contributed by atoms with van der Waals surface area (Å²) in [5, 5.41) is 8.94. The highest BCUT2D eigenvalue weighted by Gasteiger charge is 2.24.